The Balaban J connectivity index is 2.22. The van der Waals surface area contributed by atoms with E-state index in [1.54, 1.807) is 13.2 Å². The molecule has 21 heavy (non-hydrogen) atoms. The summed E-state index contributed by atoms with van der Waals surface area (Å²) in [5.41, 5.74) is 2.19. The van der Waals surface area contributed by atoms with Gasteiger partial charge in [0.2, 0.25) is 0 Å². The van der Waals surface area contributed by atoms with Gasteiger partial charge in [0, 0.05) is 28.4 Å². The van der Waals surface area contributed by atoms with E-state index in [1.807, 2.05) is 24.3 Å². The van der Waals surface area contributed by atoms with Crippen LogP contribution in [0.5, 0.6) is 5.75 Å². The minimum absolute atomic E-state index is 0.209. The number of rotatable bonds is 5. The Kier molecular flexibility index (Phi) is 4.06. The summed E-state index contributed by atoms with van der Waals surface area (Å²) >= 11 is 4.26. The Bertz CT molecular complexity index is 781. The molecule has 3 aromatic rings. The molecule has 2 aromatic carbocycles. The molecule has 0 aliphatic rings. The third-order valence-electron chi connectivity index (χ3n) is 3.82. The predicted molar refractivity (Wildman–Crippen MR) is 89.0 cm³/mol. The van der Waals surface area contributed by atoms with Crippen molar-refractivity contribution in [2.75, 3.05) is 12.9 Å². The molecule has 3 rings (SSSR count). The molecule has 0 N–H and O–H groups in total. The van der Waals surface area contributed by atoms with Crippen molar-refractivity contribution >= 4 is 34.4 Å². The van der Waals surface area contributed by atoms with Crippen molar-refractivity contribution in [1.82, 2.24) is 4.57 Å². The van der Waals surface area contributed by atoms with Gasteiger partial charge in [0.1, 0.15) is 11.6 Å². The molecule has 0 bridgehead atoms. The van der Waals surface area contributed by atoms with Crippen molar-refractivity contribution in [3.8, 4) is 5.75 Å². The van der Waals surface area contributed by atoms with Gasteiger partial charge in [-0.15, -0.1) is 0 Å². The predicted octanol–water partition coefficient (Wildman–Crippen LogP) is 4.65. The number of ether oxygens (including phenoxy) is 1. The molecule has 0 saturated carbocycles. The van der Waals surface area contributed by atoms with Crippen molar-refractivity contribution in [3.05, 3.63) is 42.2 Å². The van der Waals surface area contributed by atoms with Gasteiger partial charge in [0.05, 0.1) is 7.11 Å². The average Bonchev–Trinajstić information content (AvgIpc) is 2.80. The van der Waals surface area contributed by atoms with Crippen LogP contribution in [0.3, 0.4) is 0 Å². The summed E-state index contributed by atoms with van der Waals surface area (Å²) in [6, 6.07) is 11.0. The number of benzene rings is 2. The second-order valence-corrected chi connectivity index (χ2v) is 5.57. The van der Waals surface area contributed by atoms with Gasteiger partial charge in [-0.1, -0.05) is 0 Å². The maximum Gasteiger partial charge on any atom is 0.123 e. The Hall–Kier alpha value is -1.68. The summed E-state index contributed by atoms with van der Waals surface area (Å²) in [5.74, 6) is 1.47. The normalized spacial score (nSPS) is 11.4. The van der Waals surface area contributed by atoms with E-state index in [1.165, 1.54) is 6.07 Å². The highest BCUT2D eigenvalue weighted by Crippen LogP contribution is 2.32. The SMILES string of the molecule is COc1ccc2c(c1)c1cc(F)ccc1n2CCCCS. The van der Waals surface area contributed by atoms with Crippen LogP contribution in [-0.2, 0) is 6.54 Å². The topological polar surface area (TPSA) is 14.2 Å². The first-order valence-corrected chi connectivity index (χ1v) is 7.74. The van der Waals surface area contributed by atoms with Crippen LogP contribution in [0.2, 0.25) is 0 Å². The van der Waals surface area contributed by atoms with E-state index in [-0.39, 0.29) is 5.82 Å². The fraction of sp³-hybridized carbons (Fsp3) is 0.294. The third kappa shape index (κ3) is 2.60. The van der Waals surface area contributed by atoms with Gasteiger partial charge in [0.25, 0.3) is 0 Å². The largest absolute Gasteiger partial charge is 0.497 e. The number of methoxy groups -OCH3 is 1. The molecule has 4 heteroatoms. The number of thiol groups is 1. The lowest BCUT2D eigenvalue weighted by Gasteiger charge is -2.07. The third-order valence-corrected chi connectivity index (χ3v) is 4.14. The number of nitrogens with zero attached hydrogens (tertiary/aromatic N) is 1. The highest BCUT2D eigenvalue weighted by atomic mass is 32.1. The van der Waals surface area contributed by atoms with E-state index >= 15 is 0 Å². The van der Waals surface area contributed by atoms with Crippen LogP contribution < -0.4 is 4.74 Å². The number of halogens is 1. The standard InChI is InChI=1S/C17H18FNOS/c1-20-13-5-7-17-15(11-13)14-10-12(18)4-6-16(14)19(17)8-2-3-9-21/h4-7,10-11,21H,2-3,8-9H2,1H3. The second-order valence-electron chi connectivity index (χ2n) is 5.13. The van der Waals surface area contributed by atoms with Crippen molar-refractivity contribution in [1.29, 1.82) is 0 Å². The van der Waals surface area contributed by atoms with Crippen molar-refractivity contribution < 1.29 is 9.13 Å². The maximum atomic E-state index is 13.6. The van der Waals surface area contributed by atoms with E-state index in [0.717, 1.165) is 52.7 Å². The number of fused-ring (bicyclic) bond motifs is 3. The van der Waals surface area contributed by atoms with Crippen LogP contribution in [0.1, 0.15) is 12.8 Å². The lowest BCUT2D eigenvalue weighted by molar-refractivity contribution is 0.415. The zero-order valence-corrected chi connectivity index (χ0v) is 12.9. The monoisotopic (exact) mass is 303 g/mol. The quantitative estimate of drug-likeness (QED) is 0.535. The van der Waals surface area contributed by atoms with Crippen molar-refractivity contribution in [3.63, 3.8) is 0 Å². The summed E-state index contributed by atoms with van der Waals surface area (Å²) < 4.78 is 21.2. The molecule has 0 fully saturated rings. The molecule has 0 amide bonds. The number of unbranched alkanes of at least 4 members (excludes halogenated alkanes) is 1. The molecule has 110 valence electrons. The molecular formula is C17H18FNOS. The summed E-state index contributed by atoms with van der Waals surface area (Å²) in [5, 5.41) is 1.98. The number of aromatic nitrogens is 1. The summed E-state index contributed by atoms with van der Waals surface area (Å²) in [6.07, 6.45) is 2.13. The molecular weight excluding hydrogens is 285 g/mol. The van der Waals surface area contributed by atoms with Gasteiger partial charge in [0.15, 0.2) is 0 Å². The molecule has 2 nitrogen and oxygen atoms in total. The van der Waals surface area contributed by atoms with Crippen LogP contribution in [0.4, 0.5) is 4.39 Å². The molecule has 0 spiro atoms. The fourth-order valence-corrected chi connectivity index (χ4v) is 3.03. The zero-order chi connectivity index (χ0) is 14.8. The van der Waals surface area contributed by atoms with Gasteiger partial charge in [-0.3, -0.25) is 0 Å². The number of hydrogen-bond acceptors (Lipinski definition) is 2. The van der Waals surface area contributed by atoms with Crippen LogP contribution in [0.15, 0.2) is 36.4 Å². The smallest absolute Gasteiger partial charge is 0.123 e. The molecule has 0 radical (unpaired) electrons. The zero-order valence-electron chi connectivity index (χ0n) is 12.0. The van der Waals surface area contributed by atoms with Crippen LogP contribution in [0, 0.1) is 5.82 Å². The lowest BCUT2D eigenvalue weighted by atomic mass is 10.1. The van der Waals surface area contributed by atoms with Crippen LogP contribution in [-0.4, -0.2) is 17.4 Å². The van der Waals surface area contributed by atoms with E-state index in [0.29, 0.717) is 0 Å². The van der Waals surface area contributed by atoms with E-state index < -0.39 is 0 Å². The van der Waals surface area contributed by atoms with E-state index in [4.69, 9.17) is 4.74 Å². The maximum absolute atomic E-state index is 13.6. The number of hydrogen-bond donors (Lipinski definition) is 1. The van der Waals surface area contributed by atoms with Crippen molar-refractivity contribution in [2.24, 2.45) is 0 Å². The van der Waals surface area contributed by atoms with Gasteiger partial charge < -0.3 is 9.30 Å². The minimum atomic E-state index is -0.209. The summed E-state index contributed by atoms with van der Waals surface area (Å²) in [4.78, 5) is 0. The molecule has 1 heterocycles. The van der Waals surface area contributed by atoms with Gasteiger partial charge in [-0.05, 0) is 55.0 Å². The highest BCUT2D eigenvalue weighted by Gasteiger charge is 2.12. The minimum Gasteiger partial charge on any atom is -0.497 e. The Morgan fingerprint density at radius 1 is 1.05 bits per heavy atom. The second kappa shape index (κ2) is 5.98. The summed E-state index contributed by atoms with van der Waals surface area (Å²) in [7, 11) is 1.65. The Labute approximate surface area is 128 Å². The van der Waals surface area contributed by atoms with E-state index in [9.17, 15) is 4.39 Å². The lowest BCUT2D eigenvalue weighted by Crippen LogP contribution is -1.98. The van der Waals surface area contributed by atoms with Gasteiger partial charge in [-0.25, -0.2) is 4.39 Å². The molecule has 0 aliphatic carbocycles. The summed E-state index contributed by atoms with van der Waals surface area (Å²) in [6.45, 7) is 0.915. The first kappa shape index (κ1) is 14.3. The molecule has 0 atom stereocenters. The van der Waals surface area contributed by atoms with E-state index in [2.05, 4.69) is 17.2 Å². The average molecular weight is 303 g/mol. The van der Waals surface area contributed by atoms with Gasteiger partial charge in [-0.2, -0.15) is 12.6 Å². The number of aryl methyl sites for hydroxylation is 1. The first-order chi connectivity index (χ1) is 10.2. The Morgan fingerprint density at radius 2 is 1.76 bits per heavy atom. The molecule has 1 aromatic heterocycles. The van der Waals surface area contributed by atoms with Crippen LogP contribution in [0.25, 0.3) is 21.8 Å². The molecule has 0 aliphatic heterocycles. The first-order valence-electron chi connectivity index (χ1n) is 7.11. The Morgan fingerprint density at radius 3 is 2.48 bits per heavy atom. The van der Waals surface area contributed by atoms with Gasteiger partial charge >= 0.3 is 0 Å². The highest BCUT2D eigenvalue weighted by molar-refractivity contribution is 7.80. The fourth-order valence-electron chi connectivity index (χ4n) is 2.80. The molecule has 0 unspecified atom stereocenters. The molecule has 0 saturated heterocycles. The van der Waals surface area contributed by atoms with Crippen molar-refractivity contribution in [2.45, 2.75) is 19.4 Å². The van der Waals surface area contributed by atoms with Crippen LogP contribution >= 0.6 is 12.6 Å².